The number of aliphatic hydroxyl groups is 1. The van der Waals surface area contributed by atoms with Crippen LogP contribution in [-0.4, -0.2) is 21.8 Å². The van der Waals surface area contributed by atoms with Gasteiger partial charge in [-0.3, -0.25) is 9.59 Å². The molecule has 1 saturated carbocycles. The molecule has 2 N–H and O–H groups in total. The minimum absolute atomic E-state index is 0.0427. The van der Waals surface area contributed by atoms with Gasteiger partial charge >= 0.3 is 0 Å². The molecule has 1 aliphatic carbocycles. The molecule has 4 heteroatoms. The van der Waals surface area contributed by atoms with E-state index in [1.165, 1.54) is 0 Å². The fourth-order valence-electron chi connectivity index (χ4n) is 2.39. The summed E-state index contributed by atoms with van der Waals surface area (Å²) in [5.74, 6) is -0.854. The van der Waals surface area contributed by atoms with Crippen molar-refractivity contribution in [3.8, 4) is 5.75 Å². The number of benzene rings is 1. The number of phenolic OH excluding ortho intramolecular Hbond substituents is 1. The molecule has 1 fully saturated rings. The van der Waals surface area contributed by atoms with Gasteiger partial charge in [-0.2, -0.15) is 0 Å². The Bertz CT molecular complexity index is 537. The molecular formula is C15H16O4. The molecule has 1 aromatic carbocycles. The summed E-state index contributed by atoms with van der Waals surface area (Å²) in [6, 6.07) is 6.59. The lowest BCUT2D eigenvalue weighted by Gasteiger charge is -2.23. The third-order valence-electron chi connectivity index (χ3n) is 3.39. The van der Waals surface area contributed by atoms with Crippen LogP contribution in [0.15, 0.2) is 35.6 Å². The zero-order chi connectivity index (χ0) is 14.0. The Morgan fingerprint density at radius 1 is 1.26 bits per heavy atom. The number of Topliss-reactive ketones (excluding diaryl/α,β-unsaturated/α-hetero) is 2. The number of ketones is 2. The van der Waals surface area contributed by atoms with E-state index in [0.29, 0.717) is 0 Å². The highest BCUT2D eigenvalue weighted by Crippen LogP contribution is 2.33. The first kappa shape index (κ1) is 13.3. The van der Waals surface area contributed by atoms with Gasteiger partial charge in [0, 0.05) is 19.3 Å². The molecule has 0 spiro atoms. The van der Waals surface area contributed by atoms with Crippen LogP contribution >= 0.6 is 0 Å². The summed E-state index contributed by atoms with van der Waals surface area (Å²) in [4.78, 5) is 23.9. The van der Waals surface area contributed by atoms with Crippen molar-refractivity contribution in [3.63, 3.8) is 0 Å². The molecule has 19 heavy (non-hydrogen) atoms. The van der Waals surface area contributed by atoms with Gasteiger partial charge in [0.05, 0.1) is 5.57 Å². The minimum Gasteiger partial charge on any atom is -0.511 e. The molecule has 4 nitrogen and oxygen atoms in total. The van der Waals surface area contributed by atoms with E-state index in [1.54, 1.807) is 31.2 Å². The summed E-state index contributed by atoms with van der Waals surface area (Å²) in [6.07, 6.45) is 0.660. The Hall–Kier alpha value is -2.10. The molecule has 0 unspecified atom stereocenters. The largest absolute Gasteiger partial charge is 0.511 e. The van der Waals surface area contributed by atoms with Crippen LogP contribution in [0.25, 0.3) is 0 Å². The Morgan fingerprint density at radius 2 is 1.89 bits per heavy atom. The molecule has 0 bridgehead atoms. The highest BCUT2D eigenvalue weighted by molar-refractivity contribution is 6.22. The second kappa shape index (κ2) is 5.26. The number of allylic oxidation sites excluding steroid dienone is 2. The number of phenols is 1. The smallest absolute Gasteiger partial charge is 0.170 e. The van der Waals surface area contributed by atoms with Crippen molar-refractivity contribution in [1.82, 2.24) is 0 Å². The summed E-state index contributed by atoms with van der Waals surface area (Å²) < 4.78 is 0. The van der Waals surface area contributed by atoms with Crippen LogP contribution in [0.5, 0.6) is 5.75 Å². The fraction of sp³-hybridized carbons (Fsp3) is 0.333. The monoisotopic (exact) mass is 260 g/mol. The van der Waals surface area contributed by atoms with E-state index in [9.17, 15) is 19.8 Å². The molecule has 0 aromatic heterocycles. The van der Waals surface area contributed by atoms with Gasteiger partial charge in [0.15, 0.2) is 11.6 Å². The summed E-state index contributed by atoms with van der Waals surface area (Å²) in [7, 11) is 0. The van der Waals surface area contributed by atoms with Crippen molar-refractivity contribution in [2.24, 2.45) is 0 Å². The van der Waals surface area contributed by atoms with Crippen LogP contribution < -0.4 is 0 Å². The van der Waals surface area contributed by atoms with E-state index >= 15 is 0 Å². The van der Waals surface area contributed by atoms with E-state index < -0.39 is 0 Å². The summed E-state index contributed by atoms with van der Waals surface area (Å²) in [5, 5.41) is 19.1. The Labute approximate surface area is 111 Å². The molecule has 100 valence electrons. The van der Waals surface area contributed by atoms with Gasteiger partial charge in [0.1, 0.15) is 11.5 Å². The Morgan fingerprint density at radius 3 is 2.42 bits per heavy atom. The topological polar surface area (TPSA) is 74.6 Å². The van der Waals surface area contributed by atoms with Gasteiger partial charge in [-0.15, -0.1) is 0 Å². The standard InChI is InChI=1S/C15H16O4/c1-2-12(17)15-13(18)7-10(8-14(15)19)9-4-3-5-11(16)6-9/h3-6,10,16-17H,2,7-8H2,1H3. The van der Waals surface area contributed by atoms with Crippen molar-refractivity contribution < 1.29 is 19.8 Å². The van der Waals surface area contributed by atoms with Gasteiger partial charge in [-0.1, -0.05) is 19.1 Å². The van der Waals surface area contributed by atoms with E-state index in [4.69, 9.17) is 0 Å². The van der Waals surface area contributed by atoms with E-state index in [-0.39, 0.29) is 53.8 Å². The second-order valence-electron chi connectivity index (χ2n) is 4.72. The highest BCUT2D eigenvalue weighted by Gasteiger charge is 2.33. The maximum Gasteiger partial charge on any atom is 0.170 e. The van der Waals surface area contributed by atoms with Gasteiger partial charge in [0.25, 0.3) is 0 Å². The van der Waals surface area contributed by atoms with Crippen LogP contribution in [-0.2, 0) is 9.59 Å². The maximum atomic E-state index is 12.0. The third kappa shape index (κ3) is 2.67. The fourth-order valence-corrected chi connectivity index (χ4v) is 2.39. The van der Waals surface area contributed by atoms with Crippen molar-refractivity contribution in [3.05, 3.63) is 41.2 Å². The van der Waals surface area contributed by atoms with Crippen molar-refractivity contribution in [2.45, 2.75) is 32.1 Å². The van der Waals surface area contributed by atoms with Crippen molar-refractivity contribution in [1.29, 1.82) is 0 Å². The number of aromatic hydroxyl groups is 1. The van der Waals surface area contributed by atoms with Crippen molar-refractivity contribution in [2.75, 3.05) is 0 Å². The molecular weight excluding hydrogens is 244 g/mol. The minimum atomic E-state index is -0.316. The lowest BCUT2D eigenvalue weighted by molar-refractivity contribution is -0.124. The average Bonchev–Trinajstić information content (AvgIpc) is 2.37. The second-order valence-corrected chi connectivity index (χ2v) is 4.72. The number of hydrogen-bond acceptors (Lipinski definition) is 4. The quantitative estimate of drug-likeness (QED) is 0.487. The van der Waals surface area contributed by atoms with Crippen LogP contribution in [0.4, 0.5) is 0 Å². The first-order valence-corrected chi connectivity index (χ1v) is 6.30. The summed E-state index contributed by atoms with van der Waals surface area (Å²) in [6.45, 7) is 1.70. The SMILES string of the molecule is CCC(O)=C1C(=O)CC(c2cccc(O)c2)CC1=O. The zero-order valence-electron chi connectivity index (χ0n) is 10.7. The Kier molecular flexibility index (Phi) is 3.69. The maximum absolute atomic E-state index is 12.0. The van der Waals surface area contributed by atoms with E-state index in [0.717, 1.165) is 5.56 Å². The molecule has 1 aliphatic rings. The number of rotatable bonds is 2. The van der Waals surface area contributed by atoms with Gasteiger partial charge in [-0.25, -0.2) is 0 Å². The van der Waals surface area contributed by atoms with Crippen LogP contribution in [0.2, 0.25) is 0 Å². The van der Waals surface area contributed by atoms with Gasteiger partial charge in [-0.05, 0) is 23.6 Å². The molecule has 0 amide bonds. The zero-order valence-corrected chi connectivity index (χ0v) is 10.7. The normalized spacial score (nSPS) is 19.6. The first-order valence-electron chi connectivity index (χ1n) is 6.30. The molecule has 0 atom stereocenters. The number of carbonyl (C=O) groups excluding carboxylic acids is 2. The summed E-state index contributed by atoms with van der Waals surface area (Å²) in [5.41, 5.74) is 0.732. The van der Waals surface area contributed by atoms with Crippen molar-refractivity contribution >= 4 is 11.6 Å². The van der Waals surface area contributed by atoms with E-state index in [2.05, 4.69) is 0 Å². The predicted molar refractivity (Wildman–Crippen MR) is 70.0 cm³/mol. The van der Waals surface area contributed by atoms with Crippen LogP contribution in [0.3, 0.4) is 0 Å². The highest BCUT2D eigenvalue weighted by atomic mass is 16.3. The number of aliphatic hydroxyl groups excluding tert-OH is 1. The van der Waals surface area contributed by atoms with Gasteiger partial charge < -0.3 is 10.2 Å². The van der Waals surface area contributed by atoms with Crippen LogP contribution in [0, 0.1) is 0 Å². The molecule has 2 rings (SSSR count). The molecule has 0 heterocycles. The predicted octanol–water partition coefficient (Wildman–Crippen LogP) is 2.63. The first-order chi connectivity index (χ1) is 9.02. The Balaban J connectivity index is 2.28. The van der Waals surface area contributed by atoms with Gasteiger partial charge in [0.2, 0.25) is 0 Å². The third-order valence-corrected chi connectivity index (χ3v) is 3.39. The van der Waals surface area contributed by atoms with Crippen LogP contribution in [0.1, 0.15) is 37.7 Å². The molecule has 0 radical (unpaired) electrons. The number of hydrogen-bond donors (Lipinski definition) is 2. The molecule has 0 saturated heterocycles. The molecule has 0 aliphatic heterocycles. The molecule has 1 aromatic rings. The average molecular weight is 260 g/mol. The lowest BCUT2D eigenvalue weighted by Crippen LogP contribution is -2.26. The lowest BCUT2D eigenvalue weighted by atomic mass is 9.79. The number of carbonyl (C=O) groups is 2. The van der Waals surface area contributed by atoms with E-state index in [1.807, 2.05) is 0 Å². The summed E-state index contributed by atoms with van der Waals surface area (Å²) >= 11 is 0.